The van der Waals surface area contributed by atoms with Gasteiger partial charge in [-0.1, -0.05) is 6.07 Å². The molecule has 8 nitrogen and oxygen atoms in total. The summed E-state index contributed by atoms with van der Waals surface area (Å²) in [5.41, 5.74) is 12.6. The lowest BCUT2D eigenvalue weighted by Crippen LogP contribution is -2.51. The van der Waals surface area contributed by atoms with E-state index in [9.17, 15) is 0 Å². The molecular weight excluding hydrogens is 390 g/mol. The van der Waals surface area contributed by atoms with Gasteiger partial charge in [0.15, 0.2) is 0 Å². The van der Waals surface area contributed by atoms with Crippen LogP contribution >= 0.6 is 0 Å². The largest absolute Gasteiger partial charge is 0.376 e. The van der Waals surface area contributed by atoms with E-state index in [1.807, 2.05) is 12.4 Å². The van der Waals surface area contributed by atoms with Crippen molar-refractivity contribution in [1.29, 1.82) is 0 Å². The number of nitrogens with two attached hydrogens (primary N) is 1. The van der Waals surface area contributed by atoms with Crippen molar-refractivity contribution in [2.75, 3.05) is 24.6 Å². The summed E-state index contributed by atoms with van der Waals surface area (Å²) in [6.07, 6.45) is 7.76. The van der Waals surface area contributed by atoms with Crippen LogP contribution in [0.15, 0.2) is 36.9 Å². The van der Waals surface area contributed by atoms with E-state index in [0.717, 1.165) is 72.0 Å². The smallest absolute Gasteiger partial charge is 0.211 e. The number of nitrogens with zero attached hydrogens (tertiary/aromatic N) is 5. The quantitative estimate of drug-likeness (QED) is 0.521. The van der Waals surface area contributed by atoms with E-state index >= 15 is 0 Å². The zero-order chi connectivity index (χ0) is 21.2. The number of nitrogens with one attached hydrogen (secondary N) is 1. The normalized spacial score (nSPS) is 23.4. The molecule has 3 N–H and O–H groups in total. The maximum absolute atomic E-state index is 6.50. The number of aromatic nitrogens is 5. The minimum absolute atomic E-state index is 0.0952. The van der Waals surface area contributed by atoms with Gasteiger partial charge in [0.25, 0.3) is 0 Å². The summed E-state index contributed by atoms with van der Waals surface area (Å²) in [5, 5.41) is 0. The first-order valence-corrected chi connectivity index (χ1v) is 11.0. The summed E-state index contributed by atoms with van der Waals surface area (Å²) in [6.45, 7) is 6.76. The second-order valence-corrected chi connectivity index (χ2v) is 9.02. The Morgan fingerprint density at radius 1 is 1.23 bits per heavy atom. The van der Waals surface area contributed by atoms with E-state index in [-0.39, 0.29) is 17.6 Å². The van der Waals surface area contributed by atoms with Gasteiger partial charge in [0.05, 0.1) is 35.8 Å². The minimum Gasteiger partial charge on any atom is -0.376 e. The molecule has 1 aromatic carbocycles. The molecule has 2 atom stereocenters. The van der Waals surface area contributed by atoms with E-state index in [1.54, 1.807) is 6.33 Å². The molecule has 0 bridgehead atoms. The highest BCUT2D eigenvalue weighted by Gasteiger charge is 2.47. The van der Waals surface area contributed by atoms with Gasteiger partial charge in [-0.25, -0.2) is 15.0 Å². The van der Waals surface area contributed by atoms with E-state index in [0.29, 0.717) is 0 Å². The molecule has 31 heavy (non-hydrogen) atoms. The van der Waals surface area contributed by atoms with Crippen molar-refractivity contribution in [3.8, 4) is 11.1 Å². The number of H-pyrrole nitrogens is 1. The maximum Gasteiger partial charge on any atom is 0.211 e. The average Bonchev–Trinajstić information content (AvgIpc) is 3.50. The fraction of sp³-hybridized carbons (Fsp3) is 0.435. The van der Waals surface area contributed by atoms with Crippen LogP contribution in [-0.2, 0) is 4.74 Å². The average molecular weight is 418 g/mol. The van der Waals surface area contributed by atoms with Gasteiger partial charge < -0.3 is 20.4 Å². The third kappa shape index (κ3) is 2.78. The van der Waals surface area contributed by atoms with Gasteiger partial charge in [-0.15, -0.1) is 0 Å². The van der Waals surface area contributed by atoms with Gasteiger partial charge >= 0.3 is 0 Å². The molecule has 8 heteroatoms. The van der Waals surface area contributed by atoms with E-state index < -0.39 is 0 Å². The van der Waals surface area contributed by atoms with Crippen molar-refractivity contribution in [3.63, 3.8) is 0 Å². The summed E-state index contributed by atoms with van der Waals surface area (Å²) in [6, 6.07) is 6.36. The highest BCUT2D eigenvalue weighted by atomic mass is 16.5. The van der Waals surface area contributed by atoms with Crippen LogP contribution in [0.25, 0.3) is 27.8 Å². The Balaban J connectivity index is 1.37. The standard InChI is InChI=1S/C23H27N7O/c1-14-19(16-3-4-17-18(11-16)27-13-26-17)21-25-7-10-30(21)22(28-14)29-8-5-23(6-9-29)12-31-15(2)20(23)24/h3-4,7,10-11,13,15,20H,5-6,8-9,12,24H2,1-2H3,(H,26,27)/t15-,20+/m0/s1. The predicted molar refractivity (Wildman–Crippen MR) is 120 cm³/mol. The van der Waals surface area contributed by atoms with Crippen LogP contribution in [0.3, 0.4) is 0 Å². The first kappa shape index (κ1) is 18.8. The molecule has 2 aliphatic heterocycles. The zero-order valence-corrected chi connectivity index (χ0v) is 17.9. The summed E-state index contributed by atoms with van der Waals surface area (Å²) >= 11 is 0. The van der Waals surface area contributed by atoms with Crippen LogP contribution in [0.4, 0.5) is 5.95 Å². The Hall–Kier alpha value is -2.97. The number of imidazole rings is 2. The van der Waals surface area contributed by atoms with Gasteiger partial charge in [0, 0.05) is 42.5 Å². The summed E-state index contributed by atoms with van der Waals surface area (Å²) in [7, 11) is 0. The highest BCUT2D eigenvalue weighted by molar-refractivity contribution is 5.87. The van der Waals surface area contributed by atoms with Crippen molar-refractivity contribution >= 4 is 22.6 Å². The van der Waals surface area contributed by atoms with Crippen LogP contribution in [0.2, 0.25) is 0 Å². The predicted octanol–water partition coefficient (Wildman–Crippen LogP) is 2.91. The third-order valence-electron chi connectivity index (χ3n) is 7.31. The number of benzene rings is 1. The molecule has 5 heterocycles. The van der Waals surface area contributed by atoms with Crippen molar-refractivity contribution in [2.45, 2.75) is 38.8 Å². The molecule has 0 unspecified atom stereocenters. The Labute approximate surface area is 180 Å². The molecule has 0 amide bonds. The fourth-order valence-corrected chi connectivity index (χ4v) is 5.34. The number of ether oxygens (including phenoxy) is 1. The second-order valence-electron chi connectivity index (χ2n) is 9.02. The van der Waals surface area contributed by atoms with Gasteiger partial charge in [-0.2, -0.15) is 0 Å². The maximum atomic E-state index is 6.50. The molecule has 4 aromatic rings. The lowest BCUT2D eigenvalue weighted by Gasteiger charge is -2.41. The van der Waals surface area contributed by atoms with E-state index in [4.69, 9.17) is 20.4 Å². The molecule has 2 saturated heterocycles. The zero-order valence-electron chi connectivity index (χ0n) is 17.9. The Morgan fingerprint density at radius 3 is 2.84 bits per heavy atom. The number of rotatable bonds is 2. The number of aryl methyl sites for hydroxylation is 1. The number of piperidine rings is 1. The molecule has 6 rings (SSSR count). The summed E-state index contributed by atoms with van der Waals surface area (Å²) in [4.78, 5) is 19.7. The Kier molecular flexibility index (Phi) is 4.10. The van der Waals surface area contributed by atoms with Crippen LogP contribution in [0.5, 0.6) is 0 Å². The minimum atomic E-state index is 0.0952. The van der Waals surface area contributed by atoms with Gasteiger partial charge in [-0.05, 0) is 44.4 Å². The van der Waals surface area contributed by atoms with Crippen LogP contribution in [0.1, 0.15) is 25.5 Å². The summed E-state index contributed by atoms with van der Waals surface area (Å²) < 4.78 is 8.00. The molecule has 0 aliphatic carbocycles. The second kappa shape index (κ2) is 6.77. The summed E-state index contributed by atoms with van der Waals surface area (Å²) in [5.74, 6) is 0.949. The SMILES string of the molecule is Cc1nc(N2CCC3(CC2)CO[C@@H](C)[C@H]3N)n2ccnc2c1-c1ccc2[nH]cnc2c1. The lowest BCUT2D eigenvalue weighted by atomic mass is 9.73. The molecule has 160 valence electrons. The highest BCUT2D eigenvalue weighted by Crippen LogP contribution is 2.42. The number of hydrogen-bond donors (Lipinski definition) is 2. The molecule has 2 fully saturated rings. The fourth-order valence-electron chi connectivity index (χ4n) is 5.34. The molecule has 1 spiro atoms. The Bertz CT molecular complexity index is 1270. The first-order chi connectivity index (χ1) is 15.1. The van der Waals surface area contributed by atoms with Gasteiger partial charge in [-0.3, -0.25) is 4.40 Å². The van der Waals surface area contributed by atoms with Crippen LogP contribution < -0.4 is 10.6 Å². The topological polar surface area (TPSA) is 97.4 Å². The van der Waals surface area contributed by atoms with Crippen LogP contribution in [0, 0.1) is 12.3 Å². The van der Waals surface area contributed by atoms with Gasteiger partial charge in [0.2, 0.25) is 5.95 Å². The number of hydrogen-bond acceptors (Lipinski definition) is 6. The lowest BCUT2D eigenvalue weighted by molar-refractivity contribution is 0.0973. The van der Waals surface area contributed by atoms with Crippen molar-refractivity contribution < 1.29 is 4.74 Å². The van der Waals surface area contributed by atoms with Crippen LogP contribution in [-0.4, -0.2) is 56.2 Å². The molecular formula is C23H27N7O. The number of anilines is 1. The van der Waals surface area contributed by atoms with E-state index in [1.165, 1.54) is 0 Å². The van der Waals surface area contributed by atoms with Crippen molar-refractivity contribution in [3.05, 3.63) is 42.6 Å². The molecule has 2 aliphatic rings. The van der Waals surface area contributed by atoms with E-state index in [2.05, 4.69) is 51.3 Å². The molecule has 0 radical (unpaired) electrons. The number of aromatic amines is 1. The number of fused-ring (bicyclic) bond motifs is 2. The van der Waals surface area contributed by atoms with Crippen molar-refractivity contribution in [2.24, 2.45) is 11.1 Å². The van der Waals surface area contributed by atoms with Crippen molar-refractivity contribution in [1.82, 2.24) is 24.3 Å². The molecule has 3 aromatic heterocycles. The van der Waals surface area contributed by atoms with Gasteiger partial charge in [0.1, 0.15) is 5.65 Å². The monoisotopic (exact) mass is 417 g/mol. The third-order valence-corrected chi connectivity index (χ3v) is 7.31. The Morgan fingerprint density at radius 2 is 2.06 bits per heavy atom. The molecule has 0 saturated carbocycles. The first-order valence-electron chi connectivity index (χ1n) is 11.0.